The van der Waals surface area contributed by atoms with E-state index >= 15 is 0 Å². The van der Waals surface area contributed by atoms with Crippen molar-refractivity contribution in [3.8, 4) is 0 Å². The number of hydrogen-bond donors (Lipinski definition) is 2. The molecule has 0 radical (unpaired) electrons. The Hall–Kier alpha value is -1.66. The van der Waals surface area contributed by atoms with Gasteiger partial charge in [-0.1, -0.05) is 18.5 Å². The van der Waals surface area contributed by atoms with Gasteiger partial charge in [-0.3, -0.25) is 9.59 Å². The fourth-order valence-corrected chi connectivity index (χ4v) is 2.75. The number of benzene rings is 1. The average Bonchev–Trinajstić information content (AvgIpc) is 2.74. The van der Waals surface area contributed by atoms with Crippen LogP contribution in [0.1, 0.15) is 25.3 Å². The number of hydrogen-bond acceptors (Lipinski definition) is 3. The molecule has 5 nitrogen and oxygen atoms in total. The van der Waals surface area contributed by atoms with E-state index in [1.165, 1.54) is 17.0 Å². The molecule has 2 rings (SSSR count). The molecule has 1 fully saturated rings. The van der Waals surface area contributed by atoms with Crippen molar-refractivity contribution in [1.29, 1.82) is 0 Å². The molecule has 2 amide bonds. The Morgan fingerprint density at radius 3 is 2.86 bits per heavy atom. The standard InChI is InChI=1S/C15H18ClFN2O3/c1-2-4-19-5-3-15(22,14(19)21)13(20)18-9-10-6-11(16)8-12(17)7-10/h6-8,22H,2-5,9H2,1H3,(H,18,20)/t15-/m0/s1. The number of carbonyl (C=O) groups excluding carboxylic acids is 2. The van der Waals surface area contributed by atoms with Crippen LogP contribution in [0.5, 0.6) is 0 Å². The minimum Gasteiger partial charge on any atom is -0.372 e. The van der Waals surface area contributed by atoms with Gasteiger partial charge in [-0.25, -0.2) is 4.39 Å². The van der Waals surface area contributed by atoms with E-state index in [1.54, 1.807) is 0 Å². The van der Waals surface area contributed by atoms with Gasteiger partial charge < -0.3 is 15.3 Å². The Labute approximate surface area is 133 Å². The van der Waals surface area contributed by atoms with Gasteiger partial charge in [0.15, 0.2) is 0 Å². The summed E-state index contributed by atoms with van der Waals surface area (Å²) in [7, 11) is 0. The van der Waals surface area contributed by atoms with Gasteiger partial charge in [-0.05, 0) is 30.2 Å². The molecule has 120 valence electrons. The van der Waals surface area contributed by atoms with Crippen molar-refractivity contribution in [2.75, 3.05) is 13.1 Å². The minimum atomic E-state index is -2.04. The summed E-state index contributed by atoms with van der Waals surface area (Å²) in [6.07, 6.45) is 0.812. The van der Waals surface area contributed by atoms with Gasteiger partial charge >= 0.3 is 0 Å². The fraction of sp³-hybridized carbons (Fsp3) is 0.467. The maximum absolute atomic E-state index is 13.2. The van der Waals surface area contributed by atoms with Crippen LogP contribution < -0.4 is 5.32 Å². The van der Waals surface area contributed by atoms with E-state index in [-0.39, 0.29) is 18.0 Å². The third-order valence-corrected chi connectivity index (χ3v) is 3.85. The van der Waals surface area contributed by atoms with E-state index in [9.17, 15) is 19.1 Å². The highest BCUT2D eigenvalue weighted by Gasteiger charge is 2.50. The van der Waals surface area contributed by atoms with E-state index in [2.05, 4.69) is 5.32 Å². The molecule has 0 aromatic heterocycles. The fourth-order valence-electron chi connectivity index (χ4n) is 2.50. The highest BCUT2D eigenvalue weighted by molar-refractivity contribution is 6.30. The lowest BCUT2D eigenvalue weighted by atomic mass is 10.0. The van der Waals surface area contributed by atoms with Crippen molar-refractivity contribution < 1.29 is 19.1 Å². The van der Waals surface area contributed by atoms with Crippen molar-refractivity contribution in [2.45, 2.75) is 31.9 Å². The van der Waals surface area contributed by atoms with Crippen LogP contribution in [0.4, 0.5) is 4.39 Å². The molecule has 1 aromatic rings. The predicted molar refractivity (Wildman–Crippen MR) is 79.7 cm³/mol. The molecule has 1 heterocycles. The van der Waals surface area contributed by atoms with Crippen molar-refractivity contribution >= 4 is 23.4 Å². The van der Waals surface area contributed by atoms with E-state index in [1.807, 2.05) is 6.92 Å². The Bertz CT molecular complexity index is 576. The minimum absolute atomic E-state index is 0.0142. The number of carbonyl (C=O) groups is 2. The highest BCUT2D eigenvalue weighted by atomic mass is 35.5. The van der Waals surface area contributed by atoms with Gasteiger partial charge in [-0.2, -0.15) is 0 Å². The summed E-state index contributed by atoms with van der Waals surface area (Å²) in [4.78, 5) is 25.7. The van der Waals surface area contributed by atoms with Crippen molar-refractivity contribution in [1.82, 2.24) is 10.2 Å². The molecule has 7 heteroatoms. The monoisotopic (exact) mass is 328 g/mol. The van der Waals surface area contributed by atoms with Crippen LogP contribution in [0.25, 0.3) is 0 Å². The number of rotatable bonds is 5. The summed E-state index contributed by atoms with van der Waals surface area (Å²) >= 11 is 5.73. The second kappa shape index (κ2) is 6.62. The van der Waals surface area contributed by atoms with Crippen LogP contribution in [-0.4, -0.2) is 40.5 Å². The van der Waals surface area contributed by atoms with Crippen LogP contribution >= 0.6 is 11.6 Å². The number of amides is 2. The lowest BCUT2D eigenvalue weighted by molar-refractivity contribution is -0.154. The van der Waals surface area contributed by atoms with Crippen molar-refractivity contribution in [3.05, 3.63) is 34.6 Å². The third-order valence-electron chi connectivity index (χ3n) is 3.63. The van der Waals surface area contributed by atoms with Gasteiger partial charge in [0.2, 0.25) is 5.60 Å². The molecule has 1 atom stereocenters. The summed E-state index contributed by atoms with van der Waals surface area (Å²) in [6.45, 7) is 2.76. The average molecular weight is 329 g/mol. The molecule has 0 spiro atoms. The molecule has 22 heavy (non-hydrogen) atoms. The third kappa shape index (κ3) is 3.39. The number of likely N-dealkylation sites (tertiary alicyclic amines) is 1. The van der Waals surface area contributed by atoms with Crippen molar-refractivity contribution in [3.63, 3.8) is 0 Å². The molecule has 0 bridgehead atoms. The first-order valence-corrected chi connectivity index (χ1v) is 7.49. The zero-order valence-corrected chi connectivity index (χ0v) is 13.0. The van der Waals surface area contributed by atoms with Crippen LogP contribution in [0.2, 0.25) is 5.02 Å². The summed E-state index contributed by atoms with van der Waals surface area (Å²) in [5, 5.41) is 13.0. The number of aliphatic hydroxyl groups is 1. The summed E-state index contributed by atoms with van der Waals surface area (Å²) in [5.41, 5.74) is -1.58. The van der Waals surface area contributed by atoms with E-state index in [4.69, 9.17) is 11.6 Å². The number of halogens is 2. The molecular weight excluding hydrogens is 311 g/mol. The smallest absolute Gasteiger partial charge is 0.264 e. The summed E-state index contributed by atoms with van der Waals surface area (Å²) in [6, 6.07) is 3.90. The largest absolute Gasteiger partial charge is 0.372 e. The molecule has 1 aromatic carbocycles. The van der Waals surface area contributed by atoms with E-state index < -0.39 is 23.2 Å². The Balaban J connectivity index is 2.01. The first-order chi connectivity index (χ1) is 10.4. The summed E-state index contributed by atoms with van der Waals surface area (Å²) < 4.78 is 13.2. The second-order valence-electron chi connectivity index (χ2n) is 5.36. The first kappa shape index (κ1) is 16.7. The topological polar surface area (TPSA) is 69.6 Å². The van der Waals surface area contributed by atoms with Gasteiger partial charge in [-0.15, -0.1) is 0 Å². The molecule has 1 saturated heterocycles. The zero-order valence-electron chi connectivity index (χ0n) is 12.2. The molecular formula is C15H18ClFN2O3. The maximum atomic E-state index is 13.2. The molecule has 0 unspecified atom stereocenters. The molecule has 2 N–H and O–H groups in total. The second-order valence-corrected chi connectivity index (χ2v) is 5.80. The van der Waals surface area contributed by atoms with Crippen LogP contribution in [0, 0.1) is 5.82 Å². The number of nitrogens with zero attached hydrogens (tertiary/aromatic N) is 1. The van der Waals surface area contributed by atoms with Gasteiger partial charge in [0.25, 0.3) is 11.8 Å². The normalized spacial score (nSPS) is 21.3. The van der Waals surface area contributed by atoms with Gasteiger partial charge in [0.1, 0.15) is 5.82 Å². The van der Waals surface area contributed by atoms with Crippen LogP contribution in [0.15, 0.2) is 18.2 Å². The Kier molecular flexibility index (Phi) is 5.03. The highest BCUT2D eigenvalue weighted by Crippen LogP contribution is 2.23. The van der Waals surface area contributed by atoms with Gasteiger partial charge in [0, 0.05) is 31.1 Å². The predicted octanol–water partition coefficient (Wildman–Crippen LogP) is 1.47. The zero-order chi connectivity index (χ0) is 16.3. The van der Waals surface area contributed by atoms with Gasteiger partial charge in [0.05, 0.1) is 0 Å². The molecule has 1 aliphatic rings. The lowest BCUT2D eigenvalue weighted by Gasteiger charge is -2.21. The first-order valence-electron chi connectivity index (χ1n) is 7.12. The lowest BCUT2D eigenvalue weighted by Crippen LogP contribution is -2.52. The molecule has 0 aliphatic carbocycles. The van der Waals surface area contributed by atoms with Crippen LogP contribution in [-0.2, 0) is 16.1 Å². The maximum Gasteiger partial charge on any atom is 0.264 e. The van der Waals surface area contributed by atoms with E-state index in [0.717, 1.165) is 12.5 Å². The molecule has 0 saturated carbocycles. The quantitative estimate of drug-likeness (QED) is 0.804. The van der Waals surface area contributed by atoms with Crippen molar-refractivity contribution in [2.24, 2.45) is 0 Å². The van der Waals surface area contributed by atoms with E-state index in [0.29, 0.717) is 18.7 Å². The Morgan fingerprint density at radius 2 is 2.23 bits per heavy atom. The summed E-state index contributed by atoms with van der Waals surface area (Å²) in [5.74, 6) is -1.86. The van der Waals surface area contributed by atoms with Crippen LogP contribution in [0.3, 0.4) is 0 Å². The SMILES string of the molecule is CCCN1CC[C@](O)(C(=O)NCc2cc(F)cc(Cl)c2)C1=O. The molecule has 1 aliphatic heterocycles. The number of nitrogens with one attached hydrogen (secondary N) is 1. The Morgan fingerprint density at radius 1 is 1.50 bits per heavy atom.